The number of nitrogens with one attached hydrogen (secondary N) is 2. The van der Waals surface area contributed by atoms with Crippen LogP contribution < -0.4 is 5.32 Å². The molecule has 0 atom stereocenters. The monoisotopic (exact) mass is 450 g/mol. The van der Waals surface area contributed by atoms with E-state index in [1.165, 1.54) is 4.31 Å². The molecule has 164 valence electrons. The Bertz CT molecular complexity index is 1100. The standard InChI is InChI=1S/C20H21F3N6OS/c21-20(22,23)31-28-7-4-14(5-8-28)29-11-13(10-25-29)16-9-17(27-19(30)12-1-2-12)26-18-15(16)3-6-24-18/h3,6,9-12,14H,1-2,4-5,7-8H2,(H2,24,26,27,30). The summed E-state index contributed by atoms with van der Waals surface area (Å²) in [6.07, 6.45) is 8.50. The Morgan fingerprint density at radius 2 is 2.00 bits per heavy atom. The summed E-state index contributed by atoms with van der Waals surface area (Å²) in [5, 5.41) is 8.30. The summed E-state index contributed by atoms with van der Waals surface area (Å²) >= 11 is -0.0491. The maximum Gasteiger partial charge on any atom is 0.456 e. The first kappa shape index (κ1) is 20.4. The molecule has 5 rings (SSSR count). The minimum absolute atomic E-state index is 0.0106. The lowest BCUT2D eigenvalue weighted by molar-refractivity contribution is -0.117. The van der Waals surface area contributed by atoms with Crippen LogP contribution in [0, 0.1) is 5.92 Å². The number of carbonyl (C=O) groups is 1. The van der Waals surface area contributed by atoms with Crippen molar-refractivity contribution in [1.29, 1.82) is 0 Å². The van der Waals surface area contributed by atoms with Gasteiger partial charge in [0.2, 0.25) is 5.91 Å². The van der Waals surface area contributed by atoms with Gasteiger partial charge in [-0.15, -0.1) is 0 Å². The van der Waals surface area contributed by atoms with E-state index in [4.69, 9.17) is 0 Å². The zero-order valence-corrected chi connectivity index (χ0v) is 17.3. The van der Waals surface area contributed by atoms with Crippen molar-refractivity contribution >= 4 is 34.7 Å². The first-order valence-corrected chi connectivity index (χ1v) is 11.0. The predicted octanol–water partition coefficient (Wildman–Crippen LogP) is 4.58. The molecule has 1 saturated heterocycles. The molecule has 0 radical (unpaired) electrons. The molecule has 0 aromatic carbocycles. The Kier molecular flexibility index (Phi) is 5.17. The van der Waals surface area contributed by atoms with E-state index in [-0.39, 0.29) is 29.8 Å². The molecule has 2 N–H and O–H groups in total. The number of hydrogen-bond acceptors (Lipinski definition) is 5. The molecule has 0 spiro atoms. The number of H-pyrrole nitrogens is 1. The van der Waals surface area contributed by atoms with E-state index < -0.39 is 5.51 Å². The third kappa shape index (κ3) is 4.57. The molecule has 1 saturated carbocycles. The highest BCUT2D eigenvalue weighted by Crippen LogP contribution is 2.37. The topological polar surface area (TPSA) is 78.8 Å². The number of amides is 1. The van der Waals surface area contributed by atoms with E-state index in [0.29, 0.717) is 37.4 Å². The van der Waals surface area contributed by atoms with Crippen LogP contribution in [0.4, 0.5) is 19.0 Å². The molecule has 1 aliphatic carbocycles. The average molecular weight is 450 g/mol. The first-order chi connectivity index (χ1) is 14.9. The van der Waals surface area contributed by atoms with Gasteiger partial charge in [-0.05, 0) is 43.4 Å². The second kappa shape index (κ2) is 7.86. The Morgan fingerprint density at radius 3 is 2.71 bits per heavy atom. The van der Waals surface area contributed by atoms with Gasteiger partial charge < -0.3 is 10.3 Å². The number of hydrogen-bond donors (Lipinski definition) is 2. The van der Waals surface area contributed by atoms with Gasteiger partial charge in [0, 0.05) is 54.3 Å². The first-order valence-electron chi connectivity index (χ1n) is 10.2. The Morgan fingerprint density at radius 1 is 1.23 bits per heavy atom. The van der Waals surface area contributed by atoms with Crippen molar-refractivity contribution in [3.8, 4) is 11.1 Å². The fourth-order valence-corrected chi connectivity index (χ4v) is 4.62. The SMILES string of the molecule is O=C(Nc1cc(-c2cnn(C3CCN(SC(F)(F)F)CC3)c2)c2cc[nH]c2n1)C1CC1. The number of nitrogens with zero attached hydrogens (tertiary/aromatic N) is 4. The summed E-state index contributed by atoms with van der Waals surface area (Å²) in [5.41, 5.74) is -1.80. The summed E-state index contributed by atoms with van der Waals surface area (Å²) in [7, 11) is 0. The van der Waals surface area contributed by atoms with Crippen LogP contribution in [0.15, 0.2) is 30.7 Å². The lowest BCUT2D eigenvalue weighted by Gasteiger charge is -2.31. The van der Waals surface area contributed by atoms with Gasteiger partial charge in [-0.2, -0.15) is 18.3 Å². The third-order valence-electron chi connectivity index (χ3n) is 5.67. The van der Waals surface area contributed by atoms with E-state index >= 15 is 0 Å². The molecule has 0 bridgehead atoms. The van der Waals surface area contributed by atoms with Gasteiger partial charge in [0.25, 0.3) is 0 Å². The third-order valence-corrected chi connectivity index (χ3v) is 6.50. The lowest BCUT2D eigenvalue weighted by atomic mass is 10.1. The zero-order chi connectivity index (χ0) is 21.6. The molecule has 2 fully saturated rings. The summed E-state index contributed by atoms with van der Waals surface area (Å²) in [5.74, 6) is 0.560. The molecule has 1 aliphatic heterocycles. The maximum atomic E-state index is 12.6. The van der Waals surface area contributed by atoms with Gasteiger partial charge in [-0.1, -0.05) is 0 Å². The number of anilines is 1. The van der Waals surface area contributed by atoms with Crippen molar-refractivity contribution in [1.82, 2.24) is 24.1 Å². The molecule has 3 aromatic rings. The normalized spacial score (nSPS) is 18.5. The molecule has 0 unspecified atom stereocenters. The van der Waals surface area contributed by atoms with Crippen LogP contribution in [0.2, 0.25) is 0 Å². The Hall–Kier alpha value is -2.53. The highest BCUT2D eigenvalue weighted by atomic mass is 32.2. The fourth-order valence-electron chi connectivity index (χ4n) is 3.94. The Balaban J connectivity index is 1.35. The van der Waals surface area contributed by atoms with Gasteiger partial charge in [0.1, 0.15) is 11.5 Å². The lowest BCUT2D eigenvalue weighted by Crippen LogP contribution is -2.32. The molecular formula is C20H21F3N6OS. The van der Waals surface area contributed by atoms with E-state index in [1.54, 1.807) is 12.4 Å². The minimum Gasteiger partial charge on any atom is -0.346 e. The second-order valence-corrected chi connectivity index (χ2v) is 9.13. The zero-order valence-electron chi connectivity index (χ0n) is 16.5. The van der Waals surface area contributed by atoms with Crippen LogP contribution in [0.25, 0.3) is 22.2 Å². The Labute approximate surface area is 180 Å². The van der Waals surface area contributed by atoms with E-state index in [0.717, 1.165) is 29.4 Å². The molecule has 7 nitrogen and oxygen atoms in total. The fraction of sp³-hybridized carbons (Fsp3) is 0.450. The smallest absolute Gasteiger partial charge is 0.346 e. The van der Waals surface area contributed by atoms with Gasteiger partial charge in [-0.3, -0.25) is 9.48 Å². The highest BCUT2D eigenvalue weighted by molar-refractivity contribution is 7.97. The van der Waals surface area contributed by atoms with Gasteiger partial charge in [0.05, 0.1) is 12.2 Å². The number of alkyl halides is 3. The van der Waals surface area contributed by atoms with Crippen LogP contribution in [0.5, 0.6) is 0 Å². The second-order valence-electron chi connectivity index (χ2n) is 7.96. The van der Waals surface area contributed by atoms with Crippen molar-refractivity contribution < 1.29 is 18.0 Å². The molecule has 11 heteroatoms. The predicted molar refractivity (Wildman–Crippen MR) is 112 cm³/mol. The van der Waals surface area contributed by atoms with Crippen LogP contribution >= 0.6 is 11.9 Å². The van der Waals surface area contributed by atoms with Crippen LogP contribution in [0.1, 0.15) is 31.7 Å². The summed E-state index contributed by atoms with van der Waals surface area (Å²) in [6, 6.07) is 3.82. The number of rotatable bonds is 5. The number of halogens is 3. The quantitative estimate of drug-likeness (QED) is 0.557. The number of fused-ring (bicyclic) bond motifs is 1. The summed E-state index contributed by atoms with van der Waals surface area (Å²) < 4.78 is 40.9. The van der Waals surface area contributed by atoms with E-state index in [2.05, 4.69) is 20.4 Å². The molecule has 3 aromatic heterocycles. The van der Waals surface area contributed by atoms with Crippen molar-refractivity contribution in [3.63, 3.8) is 0 Å². The van der Waals surface area contributed by atoms with Crippen LogP contribution in [0.3, 0.4) is 0 Å². The van der Waals surface area contributed by atoms with Gasteiger partial charge in [-0.25, -0.2) is 9.29 Å². The molecule has 2 aliphatic rings. The van der Waals surface area contributed by atoms with Gasteiger partial charge >= 0.3 is 5.51 Å². The summed E-state index contributed by atoms with van der Waals surface area (Å²) in [6.45, 7) is 0.720. The largest absolute Gasteiger partial charge is 0.456 e. The number of carbonyl (C=O) groups excluding carboxylic acids is 1. The molecule has 4 heterocycles. The number of piperidine rings is 1. The number of pyridine rings is 1. The molecular weight excluding hydrogens is 429 g/mol. The number of aromatic nitrogens is 4. The number of aromatic amines is 1. The van der Waals surface area contributed by atoms with Crippen LogP contribution in [-0.4, -0.2) is 48.6 Å². The average Bonchev–Trinajstić information content (AvgIpc) is 3.27. The van der Waals surface area contributed by atoms with Crippen molar-refractivity contribution in [2.75, 3.05) is 18.4 Å². The van der Waals surface area contributed by atoms with Crippen molar-refractivity contribution in [2.24, 2.45) is 5.92 Å². The molecule has 1 amide bonds. The van der Waals surface area contributed by atoms with E-state index in [1.807, 2.05) is 23.0 Å². The summed E-state index contributed by atoms with van der Waals surface area (Å²) in [4.78, 5) is 19.8. The van der Waals surface area contributed by atoms with Crippen molar-refractivity contribution in [3.05, 3.63) is 30.7 Å². The molecule has 31 heavy (non-hydrogen) atoms. The minimum atomic E-state index is -4.25. The van der Waals surface area contributed by atoms with Crippen LogP contribution in [-0.2, 0) is 4.79 Å². The maximum absolute atomic E-state index is 12.6. The van der Waals surface area contributed by atoms with Crippen molar-refractivity contribution in [2.45, 2.75) is 37.2 Å². The highest BCUT2D eigenvalue weighted by Gasteiger charge is 2.34. The van der Waals surface area contributed by atoms with Gasteiger partial charge in [0.15, 0.2) is 0 Å². The van der Waals surface area contributed by atoms with E-state index in [9.17, 15) is 18.0 Å².